The van der Waals surface area contributed by atoms with Crippen LogP contribution in [0.2, 0.25) is 0 Å². The first-order chi connectivity index (χ1) is 16.4. The maximum atomic E-state index is 13.4. The average Bonchev–Trinajstić information content (AvgIpc) is 3.46. The highest BCUT2D eigenvalue weighted by molar-refractivity contribution is 7.99. The Hall–Kier alpha value is -2.84. The van der Waals surface area contributed by atoms with E-state index in [4.69, 9.17) is 4.74 Å². The van der Waals surface area contributed by atoms with E-state index < -0.39 is 0 Å². The first-order valence-corrected chi connectivity index (χ1v) is 12.7. The number of hydrogen-bond donors (Lipinski definition) is 0. The minimum atomic E-state index is 0.0774. The number of aryl methyl sites for hydroxylation is 2. The lowest BCUT2D eigenvalue weighted by molar-refractivity contribution is -0.130. The number of benzene rings is 2. The number of carbonyl (C=O) groups is 1. The van der Waals surface area contributed by atoms with E-state index in [1.54, 1.807) is 0 Å². The molecule has 2 aromatic carbocycles. The van der Waals surface area contributed by atoms with Crippen LogP contribution in [0.3, 0.4) is 0 Å². The van der Waals surface area contributed by atoms with Crippen LogP contribution in [0.25, 0.3) is 5.69 Å². The van der Waals surface area contributed by atoms with Crippen molar-refractivity contribution < 1.29 is 9.53 Å². The zero-order chi connectivity index (χ0) is 24.1. The molecule has 1 aliphatic heterocycles. The minimum absolute atomic E-state index is 0.0774. The summed E-state index contributed by atoms with van der Waals surface area (Å²) in [6, 6.07) is 16.6. The molecule has 7 nitrogen and oxygen atoms in total. The Labute approximate surface area is 206 Å². The highest BCUT2D eigenvalue weighted by atomic mass is 32.2. The van der Waals surface area contributed by atoms with Crippen molar-refractivity contribution in [3.05, 3.63) is 65.5 Å². The summed E-state index contributed by atoms with van der Waals surface area (Å²) < 4.78 is 7.85. The lowest BCUT2D eigenvalue weighted by Gasteiger charge is -2.26. The smallest absolute Gasteiger partial charge is 0.233 e. The molecule has 2 heterocycles. The van der Waals surface area contributed by atoms with Crippen molar-refractivity contribution in [2.24, 2.45) is 0 Å². The standard InChI is InChI=1S/C26H33N5O2S/c1-19-7-5-8-23(15-19)31-20(2)27-28-26(31)34-18-25(32)30(17-24-9-6-14-33-24)16-21-10-12-22(13-11-21)29(3)4/h5,7-8,10-13,15,24H,6,9,14,16-18H2,1-4H3/t24-/m1/s1. The molecular weight excluding hydrogens is 446 g/mol. The van der Waals surface area contributed by atoms with Gasteiger partial charge in [0.05, 0.1) is 11.9 Å². The summed E-state index contributed by atoms with van der Waals surface area (Å²) >= 11 is 1.43. The molecule has 1 amide bonds. The lowest BCUT2D eigenvalue weighted by Crippen LogP contribution is -2.38. The maximum Gasteiger partial charge on any atom is 0.233 e. The van der Waals surface area contributed by atoms with Gasteiger partial charge < -0.3 is 14.5 Å². The number of thioether (sulfide) groups is 1. The fraction of sp³-hybridized carbons (Fsp3) is 0.423. The Morgan fingerprint density at radius 3 is 2.62 bits per heavy atom. The van der Waals surface area contributed by atoms with Gasteiger partial charge in [-0.2, -0.15) is 0 Å². The number of rotatable bonds is 9. The zero-order valence-corrected chi connectivity index (χ0v) is 21.2. The average molecular weight is 480 g/mol. The van der Waals surface area contributed by atoms with E-state index in [2.05, 4.69) is 58.4 Å². The zero-order valence-electron chi connectivity index (χ0n) is 20.4. The molecule has 4 rings (SSSR count). The second-order valence-electron chi connectivity index (χ2n) is 8.96. The van der Waals surface area contributed by atoms with E-state index in [0.717, 1.165) is 47.4 Å². The van der Waals surface area contributed by atoms with Gasteiger partial charge >= 0.3 is 0 Å². The number of carbonyl (C=O) groups excluding carboxylic acids is 1. The Bertz CT molecular complexity index is 1110. The van der Waals surface area contributed by atoms with Crippen LogP contribution in [0.4, 0.5) is 5.69 Å². The maximum absolute atomic E-state index is 13.4. The molecule has 1 aromatic heterocycles. The largest absolute Gasteiger partial charge is 0.378 e. The topological polar surface area (TPSA) is 63.5 Å². The Balaban J connectivity index is 1.47. The third kappa shape index (κ3) is 5.98. The second-order valence-corrected chi connectivity index (χ2v) is 9.91. The first-order valence-electron chi connectivity index (χ1n) is 11.7. The van der Waals surface area contributed by atoms with E-state index in [1.807, 2.05) is 42.6 Å². The number of amides is 1. The predicted molar refractivity (Wildman–Crippen MR) is 137 cm³/mol. The van der Waals surface area contributed by atoms with Crippen LogP contribution >= 0.6 is 11.8 Å². The molecule has 8 heteroatoms. The molecular formula is C26H33N5O2S. The molecule has 1 atom stereocenters. The minimum Gasteiger partial charge on any atom is -0.378 e. The fourth-order valence-corrected chi connectivity index (χ4v) is 5.03. The number of aromatic nitrogens is 3. The molecule has 0 saturated carbocycles. The summed E-state index contributed by atoms with van der Waals surface area (Å²) in [5, 5.41) is 9.33. The van der Waals surface area contributed by atoms with Crippen molar-refractivity contribution in [3.8, 4) is 5.69 Å². The van der Waals surface area contributed by atoms with Gasteiger partial charge in [0.1, 0.15) is 5.82 Å². The van der Waals surface area contributed by atoms with E-state index in [-0.39, 0.29) is 12.0 Å². The van der Waals surface area contributed by atoms with Gasteiger partial charge in [0, 0.05) is 45.2 Å². The van der Waals surface area contributed by atoms with E-state index in [9.17, 15) is 4.79 Å². The second kappa shape index (κ2) is 11.1. The van der Waals surface area contributed by atoms with Gasteiger partial charge in [0.15, 0.2) is 5.16 Å². The highest BCUT2D eigenvalue weighted by Gasteiger charge is 2.24. The third-order valence-corrected chi connectivity index (χ3v) is 6.92. The molecule has 0 spiro atoms. The summed E-state index contributed by atoms with van der Waals surface area (Å²) in [6.07, 6.45) is 2.16. The van der Waals surface area contributed by atoms with Gasteiger partial charge in [-0.05, 0) is 62.1 Å². The summed E-state index contributed by atoms with van der Waals surface area (Å²) in [6.45, 7) is 5.95. The van der Waals surface area contributed by atoms with Crippen molar-refractivity contribution in [1.29, 1.82) is 0 Å². The van der Waals surface area contributed by atoms with Crippen molar-refractivity contribution in [2.45, 2.75) is 44.5 Å². The normalized spacial score (nSPS) is 15.5. The molecule has 0 N–H and O–H groups in total. The van der Waals surface area contributed by atoms with E-state index in [1.165, 1.54) is 17.3 Å². The molecule has 3 aromatic rings. The fourth-order valence-electron chi connectivity index (χ4n) is 4.13. The molecule has 0 unspecified atom stereocenters. The molecule has 0 aliphatic carbocycles. The van der Waals surface area contributed by atoms with Crippen molar-refractivity contribution in [1.82, 2.24) is 19.7 Å². The number of anilines is 1. The molecule has 180 valence electrons. The Morgan fingerprint density at radius 2 is 1.94 bits per heavy atom. The first kappa shape index (κ1) is 24.3. The summed E-state index contributed by atoms with van der Waals surface area (Å²) in [7, 11) is 4.05. The lowest BCUT2D eigenvalue weighted by atomic mass is 10.1. The Kier molecular flexibility index (Phi) is 7.90. The van der Waals surface area contributed by atoms with Crippen LogP contribution < -0.4 is 4.90 Å². The van der Waals surface area contributed by atoms with E-state index >= 15 is 0 Å². The molecule has 1 aliphatic rings. The van der Waals surface area contributed by atoms with Crippen LogP contribution in [-0.2, 0) is 16.1 Å². The number of ether oxygens (including phenoxy) is 1. The van der Waals surface area contributed by atoms with Gasteiger partial charge in [-0.1, -0.05) is 36.0 Å². The van der Waals surface area contributed by atoms with Crippen molar-refractivity contribution in [3.63, 3.8) is 0 Å². The van der Waals surface area contributed by atoms with Crippen molar-refractivity contribution >= 4 is 23.4 Å². The molecule has 0 bridgehead atoms. The van der Waals surface area contributed by atoms with Gasteiger partial charge in [-0.15, -0.1) is 10.2 Å². The van der Waals surface area contributed by atoms with Crippen LogP contribution in [0.15, 0.2) is 53.7 Å². The van der Waals surface area contributed by atoms with E-state index in [0.29, 0.717) is 18.8 Å². The predicted octanol–water partition coefficient (Wildman–Crippen LogP) is 4.25. The van der Waals surface area contributed by atoms with Crippen LogP contribution in [-0.4, -0.2) is 64.7 Å². The molecule has 1 saturated heterocycles. The Morgan fingerprint density at radius 1 is 1.15 bits per heavy atom. The molecule has 0 radical (unpaired) electrons. The molecule has 34 heavy (non-hydrogen) atoms. The van der Waals surface area contributed by atoms with Gasteiger partial charge in [-0.25, -0.2) is 0 Å². The number of hydrogen-bond acceptors (Lipinski definition) is 6. The van der Waals surface area contributed by atoms with Crippen LogP contribution in [0, 0.1) is 13.8 Å². The SMILES string of the molecule is Cc1cccc(-n2c(C)nnc2SCC(=O)N(Cc2ccc(N(C)C)cc2)C[C@H]2CCCO2)c1. The monoisotopic (exact) mass is 479 g/mol. The van der Waals surface area contributed by atoms with Gasteiger partial charge in [0.2, 0.25) is 5.91 Å². The van der Waals surface area contributed by atoms with Gasteiger partial charge in [0.25, 0.3) is 0 Å². The quantitative estimate of drug-likeness (QED) is 0.428. The number of nitrogens with zero attached hydrogens (tertiary/aromatic N) is 5. The molecule has 1 fully saturated rings. The van der Waals surface area contributed by atoms with Crippen LogP contribution in [0.5, 0.6) is 0 Å². The highest BCUT2D eigenvalue weighted by Crippen LogP contribution is 2.24. The summed E-state index contributed by atoms with van der Waals surface area (Å²) in [4.78, 5) is 17.4. The third-order valence-electron chi connectivity index (χ3n) is 6.01. The van der Waals surface area contributed by atoms with Crippen molar-refractivity contribution in [2.75, 3.05) is 37.9 Å². The summed E-state index contributed by atoms with van der Waals surface area (Å²) in [5.41, 5.74) is 4.43. The van der Waals surface area contributed by atoms with Crippen LogP contribution in [0.1, 0.15) is 29.8 Å². The summed E-state index contributed by atoms with van der Waals surface area (Å²) in [5.74, 6) is 1.18. The van der Waals surface area contributed by atoms with Gasteiger partial charge in [-0.3, -0.25) is 9.36 Å².